The SMILES string of the molecule is Cc1cc(-c2nc(-c3ccc(C(C)(C)C(F)(F)F)cc3)no2)nn1Cc1ccc(N(C)CCCO)nc1. The van der Waals surface area contributed by atoms with Crippen LogP contribution < -0.4 is 4.90 Å². The normalized spacial score (nSPS) is 12.2. The first-order valence-electron chi connectivity index (χ1n) is 11.8. The van der Waals surface area contributed by atoms with Crippen molar-refractivity contribution in [1.82, 2.24) is 24.9 Å². The molecule has 4 aromatic rings. The van der Waals surface area contributed by atoms with E-state index < -0.39 is 11.6 Å². The van der Waals surface area contributed by atoms with E-state index in [-0.39, 0.29) is 23.9 Å². The van der Waals surface area contributed by atoms with E-state index in [9.17, 15) is 13.2 Å². The van der Waals surface area contributed by atoms with Gasteiger partial charge in [0.15, 0.2) is 5.69 Å². The molecule has 0 spiro atoms. The number of halogens is 3. The number of aliphatic hydroxyl groups is 1. The van der Waals surface area contributed by atoms with Crippen LogP contribution in [0.25, 0.3) is 23.0 Å². The summed E-state index contributed by atoms with van der Waals surface area (Å²) in [4.78, 5) is 10.9. The van der Waals surface area contributed by atoms with E-state index in [1.807, 2.05) is 37.1 Å². The van der Waals surface area contributed by atoms with Crippen LogP contribution >= 0.6 is 0 Å². The summed E-state index contributed by atoms with van der Waals surface area (Å²) in [6, 6.07) is 11.7. The minimum Gasteiger partial charge on any atom is -0.396 e. The minimum absolute atomic E-state index is 0.136. The van der Waals surface area contributed by atoms with Crippen molar-refractivity contribution in [2.45, 2.75) is 45.3 Å². The Bertz CT molecular complexity index is 1330. The highest BCUT2D eigenvalue weighted by molar-refractivity contribution is 5.58. The zero-order valence-electron chi connectivity index (χ0n) is 21.1. The van der Waals surface area contributed by atoms with Gasteiger partial charge in [0.2, 0.25) is 5.82 Å². The number of pyridine rings is 1. The number of alkyl halides is 3. The topological polar surface area (TPSA) is 93.1 Å². The van der Waals surface area contributed by atoms with E-state index in [1.54, 1.807) is 23.0 Å². The van der Waals surface area contributed by atoms with Gasteiger partial charge < -0.3 is 14.5 Å². The van der Waals surface area contributed by atoms with Crippen molar-refractivity contribution in [3.8, 4) is 23.0 Å². The Kier molecular flexibility index (Phi) is 7.35. The summed E-state index contributed by atoms with van der Waals surface area (Å²) >= 11 is 0. The van der Waals surface area contributed by atoms with E-state index in [0.717, 1.165) is 30.9 Å². The minimum atomic E-state index is -4.36. The molecule has 0 bridgehead atoms. The van der Waals surface area contributed by atoms with E-state index in [4.69, 9.17) is 9.63 Å². The summed E-state index contributed by atoms with van der Waals surface area (Å²) in [6.45, 7) is 5.56. The molecule has 0 aliphatic carbocycles. The number of benzene rings is 1. The second kappa shape index (κ2) is 10.3. The maximum atomic E-state index is 13.3. The molecular weight excluding hydrogens is 485 g/mol. The molecule has 0 amide bonds. The van der Waals surface area contributed by atoms with Gasteiger partial charge >= 0.3 is 6.18 Å². The Morgan fingerprint density at radius 2 is 1.81 bits per heavy atom. The fourth-order valence-corrected chi connectivity index (χ4v) is 3.75. The third-order valence-electron chi connectivity index (χ3n) is 6.38. The molecule has 37 heavy (non-hydrogen) atoms. The predicted molar refractivity (Wildman–Crippen MR) is 133 cm³/mol. The lowest BCUT2D eigenvalue weighted by atomic mass is 9.83. The van der Waals surface area contributed by atoms with Gasteiger partial charge in [-0.1, -0.05) is 35.5 Å². The Morgan fingerprint density at radius 1 is 1.08 bits per heavy atom. The summed E-state index contributed by atoms with van der Waals surface area (Å²) < 4.78 is 47.2. The first-order chi connectivity index (χ1) is 17.5. The van der Waals surface area contributed by atoms with E-state index in [2.05, 4.69) is 20.2 Å². The van der Waals surface area contributed by atoms with Crippen LogP contribution in [-0.2, 0) is 12.0 Å². The van der Waals surface area contributed by atoms with Crippen LogP contribution in [0.2, 0.25) is 0 Å². The third-order valence-corrected chi connectivity index (χ3v) is 6.38. The number of hydrogen-bond donors (Lipinski definition) is 1. The summed E-state index contributed by atoms with van der Waals surface area (Å²) in [5, 5.41) is 17.6. The molecule has 0 saturated heterocycles. The van der Waals surface area contributed by atoms with Gasteiger partial charge in [0.1, 0.15) is 5.82 Å². The van der Waals surface area contributed by atoms with Gasteiger partial charge in [0.05, 0.1) is 12.0 Å². The molecule has 0 fully saturated rings. The molecule has 4 rings (SSSR count). The smallest absolute Gasteiger partial charge is 0.396 e. The Balaban J connectivity index is 1.47. The molecule has 3 aromatic heterocycles. The molecule has 0 radical (unpaired) electrons. The number of nitrogens with zero attached hydrogens (tertiary/aromatic N) is 6. The average Bonchev–Trinajstić information content (AvgIpc) is 3.49. The monoisotopic (exact) mass is 514 g/mol. The van der Waals surface area contributed by atoms with Crippen LogP contribution in [0.1, 0.15) is 37.1 Å². The number of aromatic nitrogens is 5. The quantitative estimate of drug-likeness (QED) is 0.336. The van der Waals surface area contributed by atoms with Crippen LogP contribution in [0.4, 0.5) is 19.0 Å². The molecule has 1 aromatic carbocycles. The average molecular weight is 515 g/mol. The van der Waals surface area contributed by atoms with Crippen LogP contribution in [0.5, 0.6) is 0 Å². The summed E-state index contributed by atoms with van der Waals surface area (Å²) in [7, 11) is 1.93. The Hall–Kier alpha value is -3.73. The standard InChI is InChI=1S/C26H29F3N6O2/c1-17-14-21(32-35(17)16-18-6-11-22(30-15-18)34(4)12-5-13-36)24-31-23(33-37-24)19-7-9-20(10-8-19)25(2,3)26(27,28)29/h6-11,14-15,36H,5,12-13,16H2,1-4H3. The molecule has 196 valence electrons. The second-order valence-electron chi connectivity index (χ2n) is 9.48. The summed E-state index contributed by atoms with van der Waals surface area (Å²) in [6.07, 6.45) is -1.90. The van der Waals surface area contributed by atoms with E-state index >= 15 is 0 Å². The lowest BCUT2D eigenvalue weighted by molar-refractivity contribution is -0.180. The highest BCUT2D eigenvalue weighted by Gasteiger charge is 2.48. The third kappa shape index (κ3) is 5.66. The van der Waals surface area contributed by atoms with Crippen molar-refractivity contribution in [1.29, 1.82) is 0 Å². The molecule has 8 nitrogen and oxygen atoms in total. The molecule has 11 heteroatoms. The molecule has 0 saturated carbocycles. The molecule has 0 aliphatic rings. The fourth-order valence-electron chi connectivity index (χ4n) is 3.75. The Morgan fingerprint density at radius 3 is 2.43 bits per heavy atom. The van der Waals surface area contributed by atoms with Crippen molar-refractivity contribution in [2.24, 2.45) is 0 Å². The number of rotatable bonds is 9. The Labute approximate surface area is 212 Å². The van der Waals surface area contributed by atoms with Crippen molar-refractivity contribution >= 4 is 5.82 Å². The van der Waals surface area contributed by atoms with Crippen LogP contribution in [0.3, 0.4) is 0 Å². The zero-order valence-corrected chi connectivity index (χ0v) is 21.1. The zero-order chi connectivity index (χ0) is 26.8. The van der Waals surface area contributed by atoms with Crippen LogP contribution in [-0.4, -0.2) is 56.4 Å². The second-order valence-corrected chi connectivity index (χ2v) is 9.48. The molecule has 1 N–H and O–H groups in total. The van der Waals surface area contributed by atoms with Gasteiger partial charge in [-0.2, -0.15) is 23.3 Å². The van der Waals surface area contributed by atoms with Crippen molar-refractivity contribution in [2.75, 3.05) is 25.1 Å². The van der Waals surface area contributed by atoms with Gasteiger partial charge in [0, 0.05) is 37.7 Å². The van der Waals surface area contributed by atoms with Gasteiger partial charge in [-0.15, -0.1) is 0 Å². The maximum Gasteiger partial charge on any atom is 0.397 e. The van der Waals surface area contributed by atoms with Crippen molar-refractivity contribution in [3.05, 3.63) is 65.5 Å². The summed E-state index contributed by atoms with van der Waals surface area (Å²) in [5.41, 5.74) is 1.08. The number of aryl methyl sites for hydroxylation is 1. The summed E-state index contributed by atoms with van der Waals surface area (Å²) in [5.74, 6) is 1.31. The number of anilines is 1. The van der Waals surface area contributed by atoms with E-state index in [1.165, 1.54) is 12.1 Å². The largest absolute Gasteiger partial charge is 0.397 e. The molecule has 0 atom stereocenters. The van der Waals surface area contributed by atoms with E-state index in [0.29, 0.717) is 30.8 Å². The lowest BCUT2D eigenvalue weighted by Crippen LogP contribution is -2.36. The molecule has 0 aliphatic heterocycles. The van der Waals surface area contributed by atoms with Crippen LogP contribution in [0.15, 0.2) is 53.2 Å². The molecular formula is C26H29F3N6O2. The number of aliphatic hydroxyl groups excluding tert-OH is 1. The van der Waals surface area contributed by atoms with Gasteiger partial charge in [0.25, 0.3) is 5.89 Å². The first-order valence-corrected chi connectivity index (χ1v) is 11.8. The van der Waals surface area contributed by atoms with Crippen molar-refractivity contribution in [3.63, 3.8) is 0 Å². The van der Waals surface area contributed by atoms with Gasteiger partial charge in [-0.05, 0) is 50.5 Å². The first kappa shape index (κ1) is 26.3. The van der Waals surface area contributed by atoms with Gasteiger partial charge in [-0.3, -0.25) is 4.68 Å². The highest BCUT2D eigenvalue weighted by atomic mass is 19.4. The molecule has 0 unspecified atom stereocenters. The number of hydrogen-bond acceptors (Lipinski definition) is 7. The predicted octanol–water partition coefficient (Wildman–Crippen LogP) is 5.01. The van der Waals surface area contributed by atoms with Gasteiger partial charge in [-0.25, -0.2) is 4.98 Å². The van der Waals surface area contributed by atoms with Crippen molar-refractivity contribution < 1.29 is 22.8 Å². The maximum absolute atomic E-state index is 13.3. The molecule has 3 heterocycles. The lowest BCUT2D eigenvalue weighted by Gasteiger charge is -2.28. The van der Waals surface area contributed by atoms with Crippen LogP contribution in [0, 0.1) is 6.92 Å². The fraction of sp³-hybridized carbons (Fsp3) is 0.385. The highest BCUT2D eigenvalue weighted by Crippen LogP contribution is 2.40.